The molecule has 0 aliphatic carbocycles. The van der Waals surface area contributed by atoms with Crippen molar-refractivity contribution < 1.29 is 0 Å². The predicted octanol–water partition coefficient (Wildman–Crippen LogP) is 7.63. The van der Waals surface area contributed by atoms with E-state index in [9.17, 15) is 0 Å². The highest BCUT2D eigenvalue weighted by atomic mass is 15.1. The van der Waals surface area contributed by atoms with Gasteiger partial charge >= 0.3 is 0 Å². The van der Waals surface area contributed by atoms with Crippen LogP contribution in [-0.4, -0.2) is 9.55 Å². The van der Waals surface area contributed by atoms with Crippen molar-refractivity contribution in [2.45, 2.75) is 86.6 Å². The first-order valence-corrected chi connectivity index (χ1v) is 11.5. The third kappa shape index (κ3) is 4.86. The molecule has 2 aromatic carbocycles. The average molecular weight is 403 g/mol. The molecule has 2 heteroatoms. The molecule has 2 nitrogen and oxygen atoms in total. The molecular weight excluding hydrogens is 364 g/mol. The van der Waals surface area contributed by atoms with E-state index in [1.54, 1.807) is 0 Å². The van der Waals surface area contributed by atoms with Gasteiger partial charge in [-0.3, -0.25) is 0 Å². The molecule has 0 spiro atoms. The standard InChI is InChI=1S/C28H38N2/c1-8-20(3)26-14-12-25(13-15-26)11-9-10-16-30-24(7)23(6)29-28(30)27-21(4)17-19(2)18-22(27)5/h12-15,17-18,20H,8-11,16H2,1-7H3. The molecule has 0 amide bonds. The lowest BCUT2D eigenvalue weighted by Crippen LogP contribution is -2.05. The van der Waals surface area contributed by atoms with Crippen LogP contribution in [0.2, 0.25) is 0 Å². The summed E-state index contributed by atoms with van der Waals surface area (Å²) in [6, 6.07) is 13.8. The summed E-state index contributed by atoms with van der Waals surface area (Å²) in [5.41, 5.74) is 10.6. The van der Waals surface area contributed by atoms with Gasteiger partial charge in [0.1, 0.15) is 5.82 Å². The van der Waals surface area contributed by atoms with Crippen molar-refractivity contribution in [3.05, 3.63) is 75.6 Å². The summed E-state index contributed by atoms with van der Waals surface area (Å²) >= 11 is 0. The van der Waals surface area contributed by atoms with Gasteiger partial charge in [0.15, 0.2) is 0 Å². The van der Waals surface area contributed by atoms with E-state index in [0.717, 1.165) is 24.5 Å². The van der Waals surface area contributed by atoms with Crippen LogP contribution in [-0.2, 0) is 13.0 Å². The van der Waals surface area contributed by atoms with E-state index < -0.39 is 0 Å². The van der Waals surface area contributed by atoms with Crippen molar-refractivity contribution in [2.75, 3.05) is 0 Å². The fourth-order valence-corrected chi connectivity index (χ4v) is 4.50. The number of hydrogen-bond donors (Lipinski definition) is 0. The van der Waals surface area contributed by atoms with Gasteiger partial charge in [0, 0.05) is 17.8 Å². The lowest BCUT2D eigenvalue weighted by Gasteiger charge is -2.15. The third-order valence-corrected chi connectivity index (χ3v) is 6.62. The van der Waals surface area contributed by atoms with E-state index in [1.165, 1.54) is 58.3 Å². The maximum atomic E-state index is 4.97. The van der Waals surface area contributed by atoms with Crippen molar-refractivity contribution in [1.82, 2.24) is 9.55 Å². The average Bonchev–Trinajstić information content (AvgIpc) is 2.98. The maximum Gasteiger partial charge on any atom is 0.140 e. The fraction of sp³-hybridized carbons (Fsp3) is 0.464. The smallest absolute Gasteiger partial charge is 0.140 e. The van der Waals surface area contributed by atoms with Crippen LogP contribution in [0.1, 0.15) is 78.2 Å². The molecule has 3 rings (SSSR count). The Hall–Kier alpha value is -2.35. The zero-order valence-corrected chi connectivity index (χ0v) is 20.0. The Labute approximate surface area is 183 Å². The zero-order chi connectivity index (χ0) is 21.8. The summed E-state index contributed by atoms with van der Waals surface area (Å²) in [5.74, 6) is 1.79. The molecule has 1 atom stereocenters. The Morgan fingerprint density at radius 2 is 1.53 bits per heavy atom. The molecule has 0 N–H and O–H groups in total. The second kappa shape index (κ2) is 9.64. The maximum absolute atomic E-state index is 4.97. The summed E-state index contributed by atoms with van der Waals surface area (Å²) in [4.78, 5) is 4.97. The largest absolute Gasteiger partial charge is 0.328 e. The molecule has 0 radical (unpaired) electrons. The molecule has 0 bridgehead atoms. The molecule has 1 unspecified atom stereocenters. The van der Waals surface area contributed by atoms with Gasteiger partial charge in [-0.15, -0.1) is 0 Å². The first-order valence-electron chi connectivity index (χ1n) is 11.5. The van der Waals surface area contributed by atoms with Crippen LogP contribution in [0.25, 0.3) is 11.4 Å². The molecule has 0 saturated heterocycles. The Kier molecular flexibility index (Phi) is 7.18. The molecule has 0 aliphatic rings. The SMILES string of the molecule is CCC(C)c1ccc(CCCCn2c(-c3c(C)cc(C)cc3C)nc(C)c2C)cc1. The van der Waals surface area contributed by atoms with Crippen LogP contribution in [0, 0.1) is 34.6 Å². The van der Waals surface area contributed by atoms with Gasteiger partial charge in [0.05, 0.1) is 5.69 Å². The Morgan fingerprint density at radius 3 is 2.13 bits per heavy atom. The normalized spacial score (nSPS) is 12.4. The monoisotopic (exact) mass is 402 g/mol. The number of aromatic nitrogens is 2. The van der Waals surface area contributed by atoms with E-state index >= 15 is 0 Å². The highest BCUT2D eigenvalue weighted by Gasteiger charge is 2.16. The first kappa shape index (κ1) is 22.3. The minimum Gasteiger partial charge on any atom is -0.328 e. The molecular formula is C28H38N2. The molecule has 160 valence electrons. The number of aryl methyl sites for hydroxylation is 5. The number of benzene rings is 2. The quantitative estimate of drug-likeness (QED) is 0.354. The van der Waals surface area contributed by atoms with E-state index in [0.29, 0.717) is 5.92 Å². The zero-order valence-electron chi connectivity index (χ0n) is 20.0. The highest BCUT2D eigenvalue weighted by molar-refractivity contribution is 5.66. The predicted molar refractivity (Wildman–Crippen MR) is 129 cm³/mol. The Balaban J connectivity index is 1.69. The molecule has 0 fully saturated rings. The van der Waals surface area contributed by atoms with Gasteiger partial charge in [0.2, 0.25) is 0 Å². The minimum atomic E-state index is 0.651. The van der Waals surface area contributed by atoms with Crippen LogP contribution in [0.3, 0.4) is 0 Å². The van der Waals surface area contributed by atoms with Crippen molar-refractivity contribution >= 4 is 0 Å². The van der Waals surface area contributed by atoms with Crippen molar-refractivity contribution in [2.24, 2.45) is 0 Å². The van der Waals surface area contributed by atoms with Crippen LogP contribution in [0.5, 0.6) is 0 Å². The van der Waals surface area contributed by atoms with Crippen molar-refractivity contribution in [1.29, 1.82) is 0 Å². The van der Waals surface area contributed by atoms with Gasteiger partial charge < -0.3 is 4.57 Å². The molecule has 0 aliphatic heterocycles. The lowest BCUT2D eigenvalue weighted by atomic mass is 9.96. The lowest BCUT2D eigenvalue weighted by molar-refractivity contribution is 0.602. The minimum absolute atomic E-state index is 0.651. The van der Waals surface area contributed by atoms with Crippen molar-refractivity contribution in [3.63, 3.8) is 0 Å². The number of nitrogens with zero attached hydrogens (tertiary/aromatic N) is 2. The summed E-state index contributed by atoms with van der Waals surface area (Å²) in [6.07, 6.45) is 4.71. The summed E-state index contributed by atoms with van der Waals surface area (Å²) in [5, 5.41) is 0. The number of imidazole rings is 1. The second-order valence-electron chi connectivity index (χ2n) is 9.04. The van der Waals surface area contributed by atoms with Crippen molar-refractivity contribution in [3.8, 4) is 11.4 Å². The van der Waals surface area contributed by atoms with Gasteiger partial charge in [-0.1, -0.05) is 55.8 Å². The van der Waals surface area contributed by atoms with Crippen LogP contribution < -0.4 is 0 Å². The number of rotatable bonds is 8. The van der Waals surface area contributed by atoms with Gasteiger partial charge in [-0.25, -0.2) is 4.98 Å². The summed E-state index contributed by atoms with van der Waals surface area (Å²) in [7, 11) is 0. The second-order valence-corrected chi connectivity index (χ2v) is 9.04. The Morgan fingerprint density at radius 1 is 0.900 bits per heavy atom. The highest BCUT2D eigenvalue weighted by Crippen LogP contribution is 2.30. The molecule has 1 heterocycles. The molecule has 0 saturated carbocycles. The summed E-state index contributed by atoms with van der Waals surface area (Å²) < 4.78 is 2.44. The molecule has 1 aromatic heterocycles. The van der Waals surface area contributed by atoms with Gasteiger partial charge in [-0.2, -0.15) is 0 Å². The Bertz CT molecular complexity index is 969. The van der Waals surface area contributed by atoms with E-state index in [4.69, 9.17) is 4.98 Å². The van der Waals surface area contributed by atoms with Crippen LogP contribution in [0.15, 0.2) is 36.4 Å². The van der Waals surface area contributed by atoms with E-state index in [2.05, 4.69) is 89.4 Å². The fourth-order valence-electron chi connectivity index (χ4n) is 4.50. The van der Waals surface area contributed by atoms with Crippen LogP contribution in [0.4, 0.5) is 0 Å². The molecule has 3 aromatic rings. The van der Waals surface area contributed by atoms with Crippen LogP contribution >= 0.6 is 0 Å². The first-order chi connectivity index (χ1) is 14.3. The number of unbranched alkanes of at least 4 members (excludes halogenated alkanes) is 1. The van der Waals surface area contributed by atoms with Gasteiger partial charge in [-0.05, 0) is 88.5 Å². The van der Waals surface area contributed by atoms with E-state index in [1.807, 2.05) is 0 Å². The third-order valence-electron chi connectivity index (χ3n) is 6.62. The summed E-state index contributed by atoms with van der Waals surface area (Å²) in [6.45, 7) is 16.5. The van der Waals surface area contributed by atoms with Gasteiger partial charge in [0.25, 0.3) is 0 Å². The van der Waals surface area contributed by atoms with E-state index in [-0.39, 0.29) is 0 Å². The number of hydrogen-bond acceptors (Lipinski definition) is 1. The topological polar surface area (TPSA) is 17.8 Å². The molecule has 30 heavy (non-hydrogen) atoms.